The predicted molar refractivity (Wildman–Crippen MR) is 68.4 cm³/mol. The van der Waals surface area contributed by atoms with Crippen LogP contribution in [0.1, 0.15) is 0 Å². The van der Waals surface area contributed by atoms with E-state index in [0.29, 0.717) is 11.2 Å². The van der Waals surface area contributed by atoms with Crippen molar-refractivity contribution >= 4 is 11.2 Å². The fourth-order valence-corrected chi connectivity index (χ4v) is 1.91. The van der Waals surface area contributed by atoms with Gasteiger partial charge in [0.1, 0.15) is 11.3 Å². The lowest BCUT2D eigenvalue weighted by Crippen LogP contribution is -2.17. The first-order valence-corrected chi connectivity index (χ1v) is 5.93. The van der Waals surface area contributed by atoms with Crippen LogP contribution in [0.3, 0.4) is 0 Å². The first kappa shape index (κ1) is 13.3. The van der Waals surface area contributed by atoms with Crippen LogP contribution in [0.25, 0.3) is 22.6 Å². The summed E-state index contributed by atoms with van der Waals surface area (Å²) >= 11 is 0. The van der Waals surface area contributed by atoms with Gasteiger partial charge in [-0.3, -0.25) is 0 Å². The van der Waals surface area contributed by atoms with E-state index in [2.05, 4.69) is 19.7 Å². The number of aromatic nitrogens is 4. The van der Waals surface area contributed by atoms with Crippen molar-refractivity contribution in [1.82, 2.24) is 19.5 Å². The van der Waals surface area contributed by atoms with E-state index in [4.69, 9.17) is 0 Å². The predicted octanol–water partition coefficient (Wildman–Crippen LogP) is 2.93. The molecular weight excluding hydrogens is 285 g/mol. The third-order valence-electron chi connectivity index (χ3n) is 2.84. The maximum atomic E-state index is 12.4. The second kappa shape index (κ2) is 4.72. The molecule has 0 radical (unpaired) electrons. The van der Waals surface area contributed by atoms with Crippen LogP contribution >= 0.6 is 0 Å². The largest absolute Gasteiger partial charge is 0.573 e. The third-order valence-corrected chi connectivity index (χ3v) is 2.84. The van der Waals surface area contributed by atoms with Gasteiger partial charge in [-0.25, -0.2) is 15.0 Å². The molecule has 5 nitrogen and oxygen atoms in total. The first-order valence-electron chi connectivity index (χ1n) is 5.93. The summed E-state index contributed by atoms with van der Waals surface area (Å²) in [5, 5.41) is 0. The number of imidazole rings is 1. The number of halogens is 3. The summed E-state index contributed by atoms with van der Waals surface area (Å²) in [5.41, 5.74) is 1.25. The van der Waals surface area contributed by atoms with Crippen LogP contribution in [0.4, 0.5) is 13.2 Å². The van der Waals surface area contributed by atoms with Crippen molar-refractivity contribution in [2.75, 3.05) is 0 Å². The number of para-hydroxylation sites is 1. The lowest BCUT2D eigenvalue weighted by atomic mass is 10.2. The van der Waals surface area contributed by atoms with Crippen molar-refractivity contribution in [2.45, 2.75) is 6.36 Å². The summed E-state index contributed by atoms with van der Waals surface area (Å²) in [6.07, 6.45) is -1.71. The maximum absolute atomic E-state index is 12.4. The minimum Gasteiger partial charge on any atom is -0.405 e. The molecule has 0 saturated heterocycles. The summed E-state index contributed by atoms with van der Waals surface area (Å²) in [5.74, 6) is -0.221. The molecule has 0 spiro atoms. The molecule has 0 aliphatic rings. The van der Waals surface area contributed by atoms with E-state index in [1.807, 2.05) is 0 Å². The monoisotopic (exact) mass is 294 g/mol. The van der Waals surface area contributed by atoms with Crippen LogP contribution in [-0.2, 0) is 7.05 Å². The Balaban J connectivity index is 2.09. The van der Waals surface area contributed by atoms with Crippen molar-refractivity contribution in [1.29, 1.82) is 0 Å². The second-order valence-electron chi connectivity index (χ2n) is 4.30. The van der Waals surface area contributed by atoms with Crippen molar-refractivity contribution < 1.29 is 17.9 Å². The molecule has 3 aromatic rings. The molecular formula is C13H9F3N4O. The van der Waals surface area contributed by atoms with Crippen molar-refractivity contribution in [3.63, 3.8) is 0 Å². The van der Waals surface area contributed by atoms with Gasteiger partial charge in [-0.2, -0.15) is 0 Å². The Kier molecular flexibility index (Phi) is 3.00. The molecule has 0 bridgehead atoms. The number of benzene rings is 1. The van der Waals surface area contributed by atoms with Gasteiger partial charge < -0.3 is 9.30 Å². The van der Waals surface area contributed by atoms with E-state index in [1.54, 1.807) is 24.0 Å². The van der Waals surface area contributed by atoms with E-state index in [1.165, 1.54) is 24.4 Å². The van der Waals surface area contributed by atoms with Crippen molar-refractivity contribution in [2.24, 2.45) is 7.05 Å². The minimum absolute atomic E-state index is 0.126. The highest BCUT2D eigenvalue weighted by Gasteiger charge is 2.32. The molecule has 1 aromatic carbocycles. The van der Waals surface area contributed by atoms with Gasteiger partial charge in [-0.15, -0.1) is 13.2 Å². The second-order valence-corrected chi connectivity index (χ2v) is 4.30. The molecule has 0 aliphatic carbocycles. The Hall–Kier alpha value is -2.64. The van der Waals surface area contributed by atoms with Crippen LogP contribution in [0.15, 0.2) is 36.8 Å². The van der Waals surface area contributed by atoms with Gasteiger partial charge in [0, 0.05) is 7.05 Å². The Labute approximate surface area is 117 Å². The maximum Gasteiger partial charge on any atom is 0.573 e. The van der Waals surface area contributed by atoms with E-state index in [0.717, 1.165) is 0 Å². The van der Waals surface area contributed by atoms with E-state index >= 15 is 0 Å². The van der Waals surface area contributed by atoms with Crippen LogP contribution in [0, 0.1) is 0 Å². The number of ether oxygens (including phenoxy) is 1. The Morgan fingerprint density at radius 3 is 2.67 bits per heavy atom. The molecule has 0 amide bonds. The smallest absolute Gasteiger partial charge is 0.405 e. The summed E-state index contributed by atoms with van der Waals surface area (Å²) < 4.78 is 43.0. The average molecular weight is 294 g/mol. The summed E-state index contributed by atoms with van der Waals surface area (Å²) in [6.45, 7) is 0. The molecule has 0 aliphatic heterocycles. The number of rotatable bonds is 2. The third kappa shape index (κ3) is 2.64. The lowest BCUT2D eigenvalue weighted by molar-refractivity contribution is -0.274. The number of hydrogen-bond donors (Lipinski definition) is 0. The number of alkyl halides is 3. The van der Waals surface area contributed by atoms with E-state index < -0.39 is 6.36 Å². The highest BCUT2D eigenvalue weighted by molar-refractivity contribution is 5.74. The van der Waals surface area contributed by atoms with Gasteiger partial charge in [0.25, 0.3) is 0 Å². The number of fused-ring (bicyclic) bond motifs is 1. The summed E-state index contributed by atoms with van der Waals surface area (Å²) in [6, 6.07) is 5.72. The summed E-state index contributed by atoms with van der Waals surface area (Å²) in [4.78, 5) is 12.3. The zero-order valence-corrected chi connectivity index (χ0v) is 10.8. The molecule has 0 N–H and O–H groups in total. The molecule has 21 heavy (non-hydrogen) atoms. The lowest BCUT2D eigenvalue weighted by Gasteiger charge is -2.12. The molecule has 0 saturated carbocycles. The van der Waals surface area contributed by atoms with Gasteiger partial charge in [0.15, 0.2) is 11.5 Å². The first-order chi connectivity index (χ1) is 9.94. The molecule has 0 unspecified atom stereocenters. The zero-order chi connectivity index (χ0) is 15.0. The Bertz CT molecular complexity index is 797. The molecule has 0 fully saturated rings. The Morgan fingerprint density at radius 1 is 1.14 bits per heavy atom. The zero-order valence-electron chi connectivity index (χ0n) is 10.8. The quantitative estimate of drug-likeness (QED) is 0.729. The molecule has 8 heteroatoms. The van der Waals surface area contributed by atoms with Crippen LogP contribution < -0.4 is 4.74 Å². The standard InChI is InChI=1S/C13H9F3N4O/c1-20-7-18-12-9(20)6-17-11(19-12)8-4-2-3-5-10(8)21-13(14,15)16/h2-7H,1H3. The van der Waals surface area contributed by atoms with Gasteiger partial charge in [0.2, 0.25) is 0 Å². The van der Waals surface area contributed by atoms with Crippen LogP contribution in [0.5, 0.6) is 5.75 Å². The Morgan fingerprint density at radius 2 is 1.90 bits per heavy atom. The highest BCUT2D eigenvalue weighted by Crippen LogP contribution is 2.32. The molecule has 3 rings (SSSR count). The van der Waals surface area contributed by atoms with E-state index in [9.17, 15) is 13.2 Å². The van der Waals surface area contributed by atoms with Crippen LogP contribution in [-0.4, -0.2) is 25.9 Å². The number of aryl methyl sites for hydroxylation is 1. The van der Waals surface area contributed by atoms with Crippen molar-refractivity contribution in [3.05, 3.63) is 36.8 Å². The van der Waals surface area contributed by atoms with Gasteiger partial charge >= 0.3 is 6.36 Å². The average Bonchev–Trinajstić information content (AvgIpc) is 2.79. The highest BCUT2D eigenvalue weighted by atomic mass is 19.4. The normalized spacial score (nSPS) is 11.8. The topological polar surface area (TPSA) is 52.8 Å². The fraction of sp³-hybridized carbons (Fsp3) is 0.154. The molecule has 108 valence electrons. The van der Waals surface area contributed by atoms with Crippen molar-refractivity contribution in [3.8, 4) is 17.1 Å². The van der Waals surface area contributed by atoms with Gasteiger partial charge in [0.05, 0.1) is 18.1 Å². The fourth-order valence-electron chi connectivity index (χ4n) is 1.91. The van der Waals surface area contributed by atoms with Crippen LogP contribution in [0.2, 0.25) is 0 Å². The number of nitrogens with zero attached hydrogens (tertiary/aromatic N) is 4. The number of hydrogen-bond acceptors (Lipinski definition) is 4. The molecule has 2 heterocycles. The summed E-state index contributed by atoms with van der Waals surface area (Å²) in [7, 11) is 1.78. The SMILES string of the molecule is Cn1cnc2nc(-c3ccccc3OC(F)(F)F)ncc21. The molecule has 0 atom stereocenters. The van der Waals surface area contributed by atoms with E-state index in [-0.39, 0.29) is 17.1 Å². The minimum atomic E-state index is -4.77. The van der Waals surface area contributed by atoms with Gasteiger partial charge in [-0.1, -0.05) is 12.1 Å². The van der Waals surface area contributed by atoms with Gasteiger partial charge in [-0.05, 0) is 12.1 Å². The molecule has 2 aromatic heterocycles.